The number of hydrogen-bond donors (Lipinski definition) is 2. The molecule has 0 radical (unpaired) electrons. The molecule has 1 amide bonds. The minimum absolute atomic E-state index is 0. The van der Waals surface area contributed by atoms with E-state index in [0.717, 1.165) is 18.7 Å². The van der Waals surface area contributed by atoms with Crippen molar-refractivity contribution >= 4 is 29.9 Å². The fraction of sp³-hybridized carbons (Fsp3) is 0.588. The molecule has 2 aliphatic heterocycles. The molecule has 2 N–H and O–H groups in total. The third-order valence-electron chi connectivity index (χ3n) is 4.57. The van der Waals surface area contributed by atoms with E-state index in [9.17, 15) is 4.79 Å². The van der Waals surface area contributed by atoms with Crippen molar-refractivity contribution in [2.75, 3.05) is 40.0 Å². The van der Waals surface area contributed by atoms with Crippen LogP contribution in [0, 0.1) is 0 Å². The van der Waals surface area contributed by atoms with E-state index in [1.807, 2.05) is 12.1 Å². The number of amides is 1. The van der Waals surface area contributed by atoms with Crippen molar-refractivity contribution in [1.82, 2.24) is 10.6 Å². The number of methoxy groups -OCH3 is 1. The van der Waals surface area contributed by atoms with Crippen LogP contribution in [0.25, 0.3) is 0 Å². The molecule has 2 aliphatic rings. The smallest absolute Gasteiger partial charge is 0.252 e. The predicted octanol–water partition coefficient (Wildman–Crippen LogP) is 1.96. The summed E-state index contributed by atoms with van der Waals surface area (Å²) in [4.78, 5) is 12.5. The average molecular weight is 391 g/mol. The summed E-state index contributed by atoms with van der Waals surface area (Å²) in [5, 5.41) is 6.77. The molecule has 0 atom stereocenters. The maximum atomic E-state index is 12.5. The molecule has 6 nitrogen and oxygen atoms in total. The lowest BCUT2D eigenvalue weighted by Gasteiger charge is -2.34. The van der Waals surface area contributed by atoms with Crippen molar-refractivity contribution in [2.24, 2.45) is 0 Å². The molecular weight excluding hydrogens is 367 g/mol. The molecule has 25 heavy (non-hydrogen) atoms. The summed E-state index contributed by atoms with van der Waals surface area (Å²) >= 11 is 6.24. The molecule has 0 aliphatic carbocycles. The Morgan fingerprint density at radius 2 is 2.04 bits per heavy atom. The zero-order valence-electron chi connectivity index (χ0n) is 14.2. The van der Waals surface area contributed by atoms with Gasteiger partial charge < -0.3 is 24.8 Å². The Bertz CT molecular complexity index is 607. The number of benzene rings is 1. The van der Waals surface area contributed by atoms with Crippen LogP contribution >= 0.6 is 24.0 Å². The van der Waals surface area contributed by atoms with Gasteiger partial charge in [0, 0.05) is 13.7 Å². The van der Waals surface area contributed by atoms with E-state index < -0.39 is 5.60 Å². The Morgan fingerprint density at radius 3 is 2.76 bits per heavy atom. The molecule has 0 bridgehead atoms. The number of carbonyl (C=O) groups excluding carboxylic acids is 1. The van der Waals surface area contributed by atoms with Crippen LogP contribution in [0.1, 0.15) is 18.4 Å². The van der Waals surface area contributed by atoms with Gasteiger partial charge in [0.05, 0.1) is 5.02 Å². The second kappa shape index (κ2) is 8.94. The maximum absolute atomic E-state index is 12.5. The number of hydrogen-bond acceptors (Lipinski definition) is 5. The van der Waals surface area contributed by atoms with Gasteiger partial charge in [-0.05, 0) is 50.0 Å². The van der Waals surface area contributed by atoms with E-state index in [1.54, 1.807) is 7.11 Å². The van der Waals surface area contributed by atoms with Crippen molar-refractivity contribution in [3.05, 3.63) is 22.7 Å². The summed E-state index contributed by atoms with van der Waals surface area (Å²) in [5.74, 6) is 1.22. The Balaban J connectivity index is 0.00000225. The Hall–Kier alpha value is -1.21. The van der Waals surface area contributed by atoms with Crippen molar-refractivity contribution in [3.8, 4) is 11.5 Å². The minimum atomic E-state index is -0.713. The number of ether oxygens (including phenoxy) is 3. The summed E-state index contributed by atoms with van der Waals surface area (Å²) < 4.78 is 16.6. The van der Waals surface area contributed by atoms with Crippen LogP contribution in [0.3, 0.4) is 0 Å². The highest BCUT2D eigenvalue weighted by atomic mass is 35.5. The van der Waals surface area contributed by atoms with Crippen LogP contribution < -0.4 is 20.1 Å². The first-order valence-corrected chi connectivity index (χ1v) is 8.65. The van der Waals surface area contributed by atoms with Crippen LogP contribution in [0.5, 0.6) is 11.5 Å². The van der Waals surface area contributed by atoms with Crippen LogP contribution in [0.2, 0.25) is 5.02 Å². The molecule has 0 aromatic heterocycles. The first kappa shape index (κ1) is 20.1. The Kier molecular flexibility index (Phi) is 7.19. The topological polar surface area (TPSA) is 68.8 Å². The number of nitrogens with one attached hydrogen (secondary N) is 2. The molecule has 0 spiro atoms. The van der Waals surface area contributed by atoms with Gasteiger partial charge in [0.25, 0.3) is 5.91 Å². The lowest BCUT2D eigenvalue weighted by Crippen LogP contribution is -2.54. The molecule has 8 heteroatoms. The van der Waals surface area contributed by atoms with Gasteiger partial charge in [0.15, 0.2) is 11.5 Å². The zero-order chi connectivity index (χ0) is 17.0. The van der Waals surface area contributed by atoms with Gasteiger partial charge in [-0.15, -0.1) is 12.4 Å². The molecule has 0 unspecified atom stereocenters. The lowest BCUT2D eigenvalue weighted by atomic mass is 9.91. The first-order valence-electron chi connectivity index (χ1n) is 8.27. The van der Waals surface area contributed by atoms with Gasteiger partial charge in [-0.2, -0.15) is 0 Å². The summed E-state index contributed by atoms with van der Waals surface area (Å²) in [6.45, 7) is 3.13. The Morgan fingerprint density at radius 1 is 1.32 bits per heavy atom. The number of rotatable bonds is 5. The molecule has 140 valence electrons. The number of carbonyl (C=O) groups is 1. The number of fused-ring (bicyclic) bond motifs is 1. The van der Waals surface area contributed by atoms with Crippen molar-refractivity contribution in [3.63, 3.8) is 0 Å². The monoisotopic (exact) mass is 390 g/mol. The highest BCUT2D eigenvalue weighted by Gasteiger charge is 2.39. The van der Waals surface area contributed by atoms with Crippen molar-refractivity contribution in [2.45, 2.75) is 24.9 Å². The van der Waals surface area contributed by atoms with Crippen molar-refractivity contribution in [1.29, 1.82) is 0 Å². The Labute approximate surface area is 158 Å². The third kappa shape index (κ3) is 4.50. The van der Waals surface area contributed by atoms with E-state index in [2.05, 4.69) is 10.6 Å². The third-order valence-corrected chi connectivity index (χ3v) is 4.85. The number of halogens is 2. The maximum Gasteiger partial charge on any atom is 0.252 e. The fourth-order valence-corrected chi connectivity index (χ4v) is 3.43. The molecule has 1 aromatic rings. The van der Waals surface area contributed by atoms with Gasteiger partial charge in [0.1, 0.15) is 18.8 Å². The van der Waals surface area contributed by atoms with Crippen LogP contribution in [-0.2, 0) is 16.0 Å². The minimum Gasteiger partial charge on any atom is -0.486 e. The molecular formula is C17H24Cl2N2O4. The standard InChI is InChI=1S/C17H23ClN2O4.ClH/c1-22-17(3-6-19-7-4-17)16(21)20-5-2-12-10-13(18)15-14(11-12)23-8-9-24-15;/h10-11,19H,2-9H2,1H3,(H,20,21);1H. The highest BCUT2D eigenvalue weighted by molar-refractivity contribution is 6.32. The second-order valence-electron chi connectivity index (χ2n) is 6.06. The molecule has 1 saturated heterocycles. The highest BCUT2D eigenvalue weighted by Crippen LogP contribution is 2.38. The quantitative estimate of drug-likeness (QED) is 0.803. The van der Waals surface area contributed by atoms with Gasteiger partial charge in [-0.1, -0.05) is 11.6 Å². The summed E-state index contributed by atoms with van der Waals surface area (Å²) in [5.41, 5.74) is 0.289. The van der Waals surface area contributed by atoms with Crippen LogP contribution in [0.4, 0.5) is 0 Å². The molecule has 2 heterocycles. The molecule has 1 aromatic carbocycles. The predicted molar refractivity (Wildman–Crippen MR) is 98.2 cm³/mol. The molecule has 1 fully saturated rings. The van der Waals surface area contributed by atoms with E-state index in [-0.39, 0.29) is 18.3 Å². The van der Waals surface area contributed by atoms with E-state index >= 15 is 0 Å². The van der Waals surface area contributed by atoms with Gasteiger partial charge in [0.2, 0.25) is 0 Å². The van der Waals surface area contributed by atoms with Gasteiger partial charge >= 0.3 is 0 Å². The average Bonchev–Trinajstić information content (AvgIpc) is 2.62. The summed E-state index contributed by atoms with van der Waals surface area (Å²) in [7, 11) is 1.60. The fourth-order valence-electron chi connectivity index (χ4n) is 3.14. The molecule has 0 saturated carbocycles. The van der Waals surface area contributed by atoms with Gasteiger partial charge in [-0.25, -0.2) is 0 Å². The second-order valence-corrected chi connectivity index (χ2v) is 6.46. The number of piperidine rings is 1. The molecule has 3 rings (SSSR count). The van der Waals surface area contributed by atoms with E-state index in [1.165, 1.54) is 0 Å². The van der Waals surface area contributed by atoms with E-state index in [0.29, 0.717) is 55.5 Å². The van der Waals surface area contributed by atoms with Crippen molar-refractivity contribution < 1.29 is 19.0 Å². The SMILES string of the molecule is COC1(C(=O)NCCc2cc(Cl)c3c(c2)OCCO3)CCNCC1.Cl. The summed E-state index contributed by atoms with van der Waals surface area (Å²) in [6.07, 6.45) is 2.04. The largest absolute Gasteiger partial charge is 0.486 e. The van der Waals surface area contributed by atoms with E-state index in [4.69, 9.17) is 25.8 Å². The van der Waals surface area contributed by atoms with Gasteiger partial charge in [-0.3, -0.25) is 4.79 Å². The first-order chi connectivity index (χ1) is 11.6. The normalized spacial score (nSPS) is 18.2. The zero-order valence-corrected chi connectivity index (χ0v) is 15.8. The van der Waals surface area contributed by atoms with Crippen LogP contribution in [0.15, 0.2) is 12.1 Å². The lowest BCUT2D eigenvalue weighted by molar-refractivity contribution is -0.146. The summed E-state index contributed by atoms with van der Waals surface area (Å²) in [6, 6.07) is 3.78. The van der Waals surface area contributed by atoms with Crippen LogP contribution in [-0.4, -0.2) is 51.5 Å².